The van der Waals surface area contributed by atoms with Crippen LogP contribution in [0, 0.1) is 0 Å². The number of thioether (sulfide) groups is 1. The SMILES string of the molecule is CSc1coc2cc(O)ccc2c1=O. The van der Waals surface area contributed by atoms with Gasteiger partial charge in [0.1, 0.15) is 17.6 Å². The van der Waals surface area contributed by atoms with Crippen molar-refractivity contribution >= 4 is 22.7 Å². The molecule has 4 heteroatoms. The number of hydrogen-bond acceptors (Lipinski definition) is 4. The van der Waals surface area contributed by atoms with Crippen LogP contribution in [0.4, 0.5) is 0 Å². The minimum Gasteiger partial charge on any atom is -0.508 e. The minimum absolute atomic E-state index is 0.0567. The molecule has 1 aromatic carbocycles. The van der Waals surface area contributed by atoms with Crippen LogP contribution in [0.3, 0.4) is 0 Å². The molecule has 0 bridgehead atoms. The average molecular weight is 208 g/mol. The third-order valence-corrected chi connectivity index (χ3v) is 2.67. The molecule has 2 aromatic rings. The van der Waals surface area contributed by atoms with Crippen molar-refractivity contribution in [2.75, 3.05) is 6.26 Å². The van der Waals surface area contributed by atoms with Crippen molar-refractivity contribution in [2.45, 2.75) is 4.90 Å². The molecule has 0 fully saturated rings. The van der Waals surface area contributed by atoms with E-state index < -0.39 is 0 Å². The van der Waals surface area contributed by atoms with E-state index in [9.17, 15) is 9.90 Å². The molecule has 0 atom stereocenters. The Bertz CT molecular complexity index is 530. The summed E-state index contributed by atoms with van der Waals surface area (Å²) in [5.41, 5.74) is 0.353. The standard InChI is InChI=1S/C10H8O3S/c1-14-9-5-13-8-4-6(11)2-3-7(8)10(9)12/h2-5,11H,1H3. The van der Waals surface area contributed by atoms with E-state index in [1.165, 1.54) is 30.2 Å². The lowest BCUT2D eigenvalue weighted by Gasteiger charge is -1.99. The van der Waals surface area contributed by atoms with Crippen LogP contribution in [0.5, 0.6) is 5.75 Å². The van der Waals surface area contributed by atoms with E-state index in [2.05, 4.69) is 0 Å². The Morgan fingerprint density at radius 2 is 2.21 bits per heavy atom. The Balaban J connectivity index is 2.84. The van der Waals surface area contributed by atoms with Crippen molar-refractivity contribution in [3.8, 4) is 5.75 Å². The average Bonchev–Trinajstić information content (AvgIpc) is 2.18. The van der Waals surface area contributed by atoms with Gasteiger partial charge in [-0.25, -0.2) is 0 Å². The number of aromatic hydroxyl groups is 1. The molecule has 0 spiro atoms. The Labute approximate surface area is 84.4 Å². The van der Waals surface area contributed by atoms with Crippen LogP contribution in [-0.2, 0) is 0 Å². The summed E-state index contributed by atoms with van der Waals surface area (Å²) in [6.07, 6.45) is 3.23. The lowest BCUT2D eigenvalue weighted by molar-refractivity contribution is 0.473. The van der Waals surface area contributed by atoms with Crippen molar-refractivity contribution in [3.05, 3.63) is 34.7 Å². The van der Waals surface area contributed by atoms with E-state index in [0.717, 1.165) is 0 Å². The van der Waals surface area contributed by atoms with Gasteiger partial charge in [-0.2, -0.15) is 0 Å². The summed E-state index contributed by atoms with van der Waals surface area (Å²) in [6, 6.07) is 4.47. The Hall–Kier alpha value is -1.42. The fraction of sp³-hybridized carbons (Fsp3) is 0.100. The van der Waals surface area contributed by atoms with Crippen LogP contribution >= 0.6 is 11.8 Å². The summed E-state index contributed by atoms with van der Waals surface area (Å²) in [5.74, 6) is 0.0950. The third kappa shape index (κ3) is 1.37. The predicted octanol–water partition coefficient (Wildman–Crippen LogP) is 2.22. The van der Waals surface area contributed by atoms with Gasteiger partial charge in [-0.05, 0) is 18.4 Å². The molecular formula is C10H8O3S. The lowest BCUT2D eigenvalue weighted by Crippen LogP contribution is -2.02. The maximum atomic E-state index is 11.7. The van der Waals surface area contributed by atoms with E-state index in [0.29, 0.717) is 15.9 Å². The monoisotopic (exact) mass is 208 g/mol. The van der Waals surface area contributed by atoms with Crippen LogP contribution in [0.25, 0.3) is 11.0 Å². The highest BCUT2D eigenvalue weighted by Crippen LogP contribution is 2.20. The molecule has 1 heterocycles. The maximum Gasteiger partial charge on any atom is 0.206 e. The summed E-state index contributed by atoms with van der Waals surface area (Å²) in [6.45, 7) is 0. The zero-order valence-electron chi connectivity index (χ0n) is 7.48. The molecule has 0 aliphatic heterocycles. The summed E-state index contributed by atoms with van der Waals surface area (Å²) in [4.78, 5) is 12.3. The number of rotatable bonds is 1. The summed E-state index contributed by atoms with van der Waals surface area (Å²) in [7, 11) is 0. The summed E-state index contributed by atoms with van der Waals surface area (Å²) >= 11 is 1.35. The second-order valence-corrected chi connectivity index (χ2v) is 3.66. The van der Waals surface area contributed by atoms with Crippen LogP contribution in [0.1, 0.15) is 0 Å². The van der Waals surface area contributed by atoms with E-state index in [1.807, 2.05) is 6.26 Å². The Kier molecular flexibility index (Phi) is 2.21. The smallest absolute Gasteiger partial charge is 0.206 e. The van der Waals surface area contributed by atoms with Crippen molar-refractivity contribution in [1.82, 2.24) is 0 Å². The number of hydrogen-bond donors (Lipinski definition) is 1. The van der Waals surface area contributed by atoms with Gasteiger partial charge in [0.15, 0.2) is 0 Å². The quantitative estimate of drug-likeness (QED) is 0.730. The van der Waals surface area contributed by atoms with E-state index in [1.54, 1.807) is 6.07 Å². The van der Waals surface area contributed by atoms with Crippen LogP contribution < -0.4 is 5.43 Å². The largest absolute Gasteiger partial charge is 0.508 e. The fourth-order valence-electron chi connectivity index (χ4n) is 1.24. The first-order chi connectivity index (χ1) is 6.72. The van der Waals surface area contributed by atoms with Gasteiger partial charge in [0.05, 0.1) is 10.3 Å². The van der Waals surface area contributed by atoms with E-state index in [4.69, 9.17) is 4.42 Å². The topological polar surface area (TPSA) is 50.4 Å². The van der Waals surface area contributed by atoms with Crippen molar-refractivity contribution < 1.29 is 9.52 Å². The molecular weight excluding hydrogens is 200 g/mol. The van der Waals surface area contributed by atoms with Gasteiger partial charge in [0, 0.05) is 6.07 Å². The van der Waals surface area contributed by atoms with E-state index in [-0.39, 0.29) is 11.2 Å². The molecule has 72 valence electrons. The first kappa shape index (κ1) is 9.15. The van der Waals surface area contributed by atoms with Crippen LogP contribution in [-0.4, -0.2) is 11.4 Å². The molecule has 2 rings (SSSR count). The van der Waals surface area contributed by atoms with Crippen molar-refractivity contribution in [1.29, 1.82) is 0 Å². The minimum atomic E-state index is -0.0567. The zero-order chi connectivity index (χ0) is 10.1. The first-order valence-electron chi connectivity index (χ1n) is 4.01. The second kappa shape index (κ2) is 3.38. The van der Waals surface area contributed by atoms with Crippen LogP contribution in [0.15, 0.2) is 38.6 Å². The van der Waals surface area contributed by atoms with Gasteiger partial charge in [0.2, 0.25) is 5.43 Å². The molecule has 0 aliphatic rings. The molecule has 1 N–H and O–H groups in total. The number of phenolic OH excluding ortho intramolecular Hbond substituents is 1. The predicted molar refractivity (Wildman–Crippen MR) is 55.9 cm³/mol. The van der Waals surface area contributed by atoms with Crippen LogP contribution in [0.2, 0.25) is 0 Å². The molecule has 0 radical (unpaired) electrons. The van der Waals surface area contributed by atoms with Gasteiger partial charge >= 0.3 is 0 Å². The highest BCUT2D eigenvalue weighted by atomic mass is 32.2. The fourth-order valence-corrected chi connectivity index (χ4v) is 1.68. The molecule has 3 nitrogen and oxygen atoms in total. The molecule has 0 amide bonds. The molecule has 0 saturated carbocycles. The maximum absolute atomic E-state index is 11.7. The molecule has 14 heavy (non-hydrogen) atoms. The molecule has 0 unspecified atom stereocenters. The normalized spacial score (nSPS) is 10.6. The number of benzene rings is 1. The molecule has 1 aromatic heterocycles. The van der Waals surface area contributed by atoms with Gasteiger partial charge in [-0.1, -0.05) is 0 Å². The molecule has 0 aliphatic carbocycles. The van der Waals surface area contributed by atoms with E-state index >= 15 is 0 Å². The van der Waals surface area contributed by atoms with Gasteiger partial charge in [0.25, 0.3) is 0 Å². The zero-order valence-corrected chi connectivity index (χ0v) is 8.30. The summed E-state index contributed by atoms with van der Waals surface area (Å²) in [5, 5.41) is 9.68. The summed E-state index contributed by atoms with van der Waals surface area (Å²) < 4.78 is 5.21. The van der Waals surface area contributed by atoms with Gasteiger partial charge in [-0.3, -0.25) is 4.79 Å². The highest BCUT2D eigenvalue weighted by molar-refractivity contribution is 7.98. The Morgan fingerprint density at radius 3 is 2.93 bits per heavy atom. The van der Waals surface area contributed by atoms with Crippen molar-refractivity contribution in [3.63, 3.8) is 0 Å². The Morgan fingerprint density at radius 1 is 1.43 bits per heavy atom. The first-order valence-corrected chi connectivity index (χ1v) is 5.23. The van der Waals surface area contributed by atoms with Gasteiger partial charge in [-0.15, -0.1) is 11.8 Å². The number of phenols is 1. The highest BCUT2D eigenvalue weighted by Gasteiger charge is 2.05. The third-order valence-electron chi connectivity index (χ3n) is 1.95. The lowest BCUT2D eigenvalue weighted by atomic mass is 10.2. The van der Waals surface area contributed by atoms with Gasteiger partial charge < -0.3 is 9.52 Å². The second-order valence-electron chi connectivity index (χ2n) is 2.81. The number of fused-ring (bicyclic) bond motifs is 1. The molecule has 0 saturated heterocycles. The van der Waals surface area contributed by atoms with Crippen molar-refractivity contribution in [2.24, 2.45) is 0 Å².